The van der Waals surface area contributed by atoms with Crippen LogP contribution >= 0.6 is 0 Å². The fourth-order valence-corrected chi connectivity index (χ4v) is 3.14. The third-order valence-corrected chi connectivity index (χ3v) is 4.44. The Hall–Kier alpha value is -1.59. The zero-order valence-corrected chi connectivity index (χ0v) is 15.5. The van der Waals surface area contributed by atoms with Crippen molar-refractivity contribution in [1.82, 2.24) is 20.4 Å². The van der Waals surface area contributed by atoms with Gasteiger partial charge >= 0.3 is 0 Å². The summed E-state index contributed by atoms with van der Waals surface area (Å²) in [6.07, 6.45) is 4.07. The number of piperidine rings is 1. The lowest BCUT2D eigenvalue weighted by atomic mass is 10.1. The van der Waals surface area contributed by atoms with Gasteiger partial charge in [-0.2, -0.15) is 0 Å². The van der Waals surface area contributed by atoms with Crippen LogP contribution in [0.2, 0.25) is 0 Å². The highest BCUT2D eigenvalue weighted by molar-refractivity contribution is 5.79. The molecule has 1 aliphatic heterocycles. The molecule has 0 unspecified atom stereocenters. The number of nitrogens with one attached hydrogen (secondary N) is 2. The predicted molar refractivity (Wildman–Crippen MR) is 102 cm³/mol. The van der Waals surface area contributed by atoms with Crippen LogP contribution < -0.4 is 10.6 Å². The van der Waals surface area contributed by atoms with Crippen molar-refractivity contribution in [2.45, 2.75) is 32.4 Å². The molecular weight excluding hydrogens is 298 g/mol. The number of rotatable bonds is 7. The molecule has 134 valence electrons. The van der Waals surface area contributed by atoms with Gasteiger partial charge in [-0.25, -0.2) is 0 Å². The van der Waals surface area contributed by atoms with Gasteiger partial charge in [0.1, 0.15) is 0 Å². The van der Waals surface area contributed by atoms with Gasteiger partial charge in [0.2, 0.25) is 0 Å². The summed E-state index contributed by atoms with van der Waals surface area (Å²) in [6, 6.07) is 8.59. The first-order valence-corrected chi connectivity index (χ1v) is 9.07. The maximum absolute atomic E-state index is 4.34. The van der Waals surface area contributed by atoms with Crippen LogP contribution in [0.3, 0.4) is 0 Å². The average molecular weight is 332 g/mol. The van der Waals surface area contributed by atoms with Crippen LogP contribution in [0.5, 0.6) is 0 Å². The Balaban J connectivity index is 1.77. The molecule has 0 aromatic heterocycles. The number of guanidine groups is 1. The molecular formula is C19H33N5. The van der Waals surface area contributed by atoms with E-state index in [4.69, 9.17) is 0 Å². The molecule has 1 saturated heterocycles. The predicted octanol–water partition coefficient (Wildman–Crippen LogP) is 1.90. The molecule has 1 heterocycles. The van der Waals surface area contributed by atoms with E-state index in [-0.39, 0.29) is 0 Å². The van der Waals surface area contributed by atoms with Crippen LogP contribution in [0.4, 0.5) is 0 Å². The summed E-state index contributed by atoms with van der Waals surface area (Å²) in [6.45, 7) is 6.28. The topological polar surface area (TPSA) is 42.9 Å². The average Bonchev–Trinajstić information content (AvgIpc) is 2.59. The molecule has 0 saturated carbocycles. The molecule has 1 aromatic carbocycles. The summed E-state index contributed by atoms with van der Waals surface area (Å²) in [7, 11) is 6.04. The lowest BCUT2D eigenvalue weighted by molar-refractivity contribution is 0.232. The highest BCUT2D eigenvalue weighted by Gasteiger charge is 2.09. The maximum Gasteiger partial charge on any atom is 0.191 e. The number of hydrogen-bond acceptors (Lipinski definition) is 3. The molecule has 0 radical (unpaired) electrons. The fraction of sp³-hybridized carbons (Fsp3) is 0.632. The van der Waals surface area contributed by atoms with E-state index < -0.39 is 0 Å². The Morgan fingerprint density at radius 1 is 1.08 bits per heavy atom. The first-order chi connectivity index (χ1) is 11.7. The second kappa shape index (κ2) is 10.3. The minimum atomic E-state index is 0.799. The molecule has 0 bridgehead atoms. The number of benzene rings is 1. The van der Waals surface area contributed by atoms with Crippen molar-refractivity contribution in [1.29, 1.82) is 0 Å². The van der Waals surface area contributed by atoms with Crippen molar-refractivity contribution in [2.75, 3.05) is 47.3 Å². The van der Waals surface area contributed by atoms with Crippen LogP contribution in [0.15, 0.2) is 29.3 Å². The molecule has 0 amide bonds. The summed E-state index contributed by atoms with van der Waals surface area (Å²) in [4.78, 5) is 9.08. The van der Waals surface area contributed by atoms with E-state index in [9.17, 15) is 0 Å². The van der Waals surface area contributed by atoms with E-state index in [0.29, 0.717) is 0 Å². The molecule has 5 heteroatoms. The number of aliphatic imine (C=N–C) groups is 1. The minimum absolute atomic E-state index is 0.799. The highest BCUT2D eigenvalue weighted by atomic mass is 15.2. The normalized spacial score (nSPS) is 16.4. The Bertz CT molecular complexity index is 506. The summed E-state index contributed by atoms with van der Waals surface area (Å²) < 4.78 is 0. The fourth-order valence-electron chi connectivity index (χ4n) is 3.14. The molecule has 2 N–H and O–H groups in total. The molecule has 5 nitrogen and oxygen atoms in total. The standard InChI is InChI=1S/C19H33N5/c1-20-19(21-11-14-24-12-7-4-8-13-24)22-15-17-9-5-6-10-18(17)16-23(2)3/h5-6,9-10H,4,7-8,11-16H2,1-3H3,(H2,20,21,22). The number of hydrogen-bond donors (Lipinski definition) is 2. The molecule has 1 aromatic rings. The van der Waals surface area contributed by atoms with Crippen LogP contribution in [-0.4, -0.2) is 63.1 Å². The Morgan fingerprint density at radius 2 is 1.79 bits per heavy atom. The molecule has 2 rings (SSSR count). The van der Waals surface area contributed by atoms with Crippen LogP contribution in [0.1, 0.15) is 30.4 Å². The molecule has 0 atom stereocenters. The van der Waals surface area contributed by atoms with E-state index in [2.05, 4.69) is 63.8 Å². The molecule has 0 spiro atoms. The van der Waals surface area contributed by atoms with E-state index in [1.165, 1.54) is 43.5 Å². The third-order valence-electron chi connectivity index (χ3n) is 4.44. The third kappa shape index (κ3) is 6.49. The monoisotopic (exact) mass is 331 g/mol. The Kier molecular flexibility index (Phi) is 8.05. The zero-order valence-electron chi connectivity index (χ0n) is 15.5. The molecule has 1 aliphatic rings. The largest absolute Gasteiger partial charge is 0.355 e. The minimum Gasteiger partial charge on any atom is -0.355 e. The lowest BCUT2D eigenvalue weighted by Crippen LogP contribution is -2.42. The number of nitrogens with zero attached hydrogens (tertiary/aromatic N) is 3. The van der Waals surface area contributed by atoms with Gasteiger partial charge in [-0.3, -0.25) is 4.99 Å². The van der Waals surface area contributed by atoms with Gasteiger partial charge in [-0.05, 0) is 51.2 Å². The van der Waals surface area contributed by atoms with Crippen molar-refractivity contribution in [3.8, 4) is 0 Å². The van der Waals surface area contributed by atoms with Crippen molar-refractivity contribution in [3.05, 3.63) is 35.4 Å². The second-order valence-corrected chi connectivity index (χ2v) is 6.76. The van der Waals surface area contributed by atoms with Crippen molar-refractivity contribution < 1.29 is 0 Å². The van der Waals surface area contributed by atoms with Gasteiger partial charge < -0.3 is 20.4 Å². The highest BCUT2D eigenvalue weighted by Crippen LogP contribution is 2.10. The number of likely N-dealkylation sites (tertiary alicyclic amines) is 1. The molecule has 24 heavy (non-hydrogen) atoms. The first-order valence-electron chi connectivity index (χ1n) is 9.07. The quantitative estimate of drug-likeness (QED) is 0.592. The van der Waals surface area contributed by atoms with Gasteiger partial charge in [-0.1, -0.05) is 30.7 Å². The van der Waals surface area contributed by atoms with Crippen LogP contribution in [0.25, 0.3) is 0 Å². The Morgan fingerprint density at radius 3 is 2.46 bits per heavy atom. The summed E-state index contributed by atoms with van der Waals surface area (Å²) in [5.41, 5.74) is 2.68. The van der Waals surface area contributed by atoms with Crippen molar-refractivity contribution >= 4 is 5.96 Å². The summed E-state index contributed by atoms with van der Waals surface area (Å²) in [5, 5.41) is 6.87. The second-order valence-electron chi connectivity index (χ2n) is 6.76. The van der Waals surface area contributed by atoms with E-state index in [0.717, 1.165) is 32.1 Å². The first kappa shape index (κ1) is 18.7. The van der Waals surface area contributed by atoms with Gasteiger partial charge in [0.05, 0.1) is 0 Å². The van der Waals surface area contributed by atoms with Crippen LogP contribution in [-0.2, 0) is 13.1 Å². The van der Waals surface area contributed by atoms with Gasteiger partial charge in [0, 0.05) is 33.2 Å². The summed E-state index contributed by atoms with van der Waals surface area (Å²) in [5.74, 6) is 0.881. The van der Waals surface area contributed by atoms with Crippen molar-refractivity contribution in [3.63, 3.8) is 0 Å². The lowest BCUT2D eigenvalue weighted by Gasteiger charge is -2.26. The van der Waals surface area contributed by atoms with Crippen LogP contribution in [0, 0.1) is 0 Å². The maximum atomic E-state index is 4.34. The van der Waals surface area contributed by atoms with E-state index in [1.54, 1.807) is 0 Å². The molecule has 0 aliphatic carbocycles. The van der Waals surface area contributed by atoms with Gasteiger partial charge in [-0.15, -0.1) is 0 Å². The van der Waals surface area contributed by atoms with Gasteiger partial charge in [0.15, 0.2) is 5.96 Å². The van der Waals surface area contributed by atoms with Crippen molar-refractivity contribution in [2.24, 2.45) is 4.99 Å². The van der Waals surface area contributed by atoms with E-state index in [1.807, 2.05) is 7.05 Å². The summed E-state index contributed by atoms with van der Waals surface area (Å²) >= 11 is 0. The molecule has 1 fully saturated rings. The SMILES string of the molecule is CN=C(NCCN1CCCCC1)NCc1ccccc1CN(C)C. The van der Waals surface area contributed by atoms with E-state index >= 15 is 0 Å². The Labute approximate surface area is 147 Å². The zero-order chi connectivity index (χ0) is 17.2. The van der Waals surface area contributed by atoms with Gasteiger partial charge in [0.25, 0.3) is 0 Å². The smallest absolute Gasteiger partial charge is 0.191 e.